The third kappa shape index (κ3) is 3.48. The minimum absolute atomic E-state index is 0.0272. The number of carbonyl (C=O) groups excluding carboxylic acids is 1. The van der Waals surface area contributed by atoms with Gasteiger partial charge in [0.1, 0.15) is 0 Å². The van der Waals surface area contributed by atoms with Crippen molar-refractivity contribution in [3.63, 3.8) is 0 Å². The summed E-state index contributed by atoms with van der Waals surface area (Å²) in [5.74, 6) is -0.111. The van der Waals surface area contributed by atoms with E-state index in [0.29, 0.717) is 34.0 Å². The van der Waals surface area contributed by atoms with Crippen molar-refractivity contribution in [1.29, 1.82) is 0 Å². The van der Waals surface area contributed by atoms with Crippen molar-refractivity contribution in [2.75, 3.05) is 18.4 Å². The molecular formula is C14H16BrCl2NO2. The summed E-state index contributed by atoms with van der Waals surface area (Å²) in [6, 6.07) is 5.10. The summed E-state index contributed by atoms with van der Waals surface area (Å²) in [5.41, 5.74) is 0.0578. The molecule has 0 spiro atoms. The molecule has 1 saturated heterocycles. The molecule has 1 fully saturated rings. The van der Waals surface area contributed by atoms with E-state index >= 15 is 0 Å². The van der Waals surface area contributed by atoms with Crippen molar-refractivity contribution in [2.24, 2.45) is 0 Å². The van der Waals surface area contributed by atoms with Crippen molar-refractivity contribution in [2.45, 2.75) is 25.6 Å². The lowest BCUT2D eigenvalue weighted by Crippen LogP contribution is -2.55. The van der Waals surface area contributed by atoms with Gasteiger partial charge in [0.15, 0.2) is 0 Å². The maximum Gasteiger partial charge on any atom is 0.255 e. The smallest absolute Gasteiger partial charge is 0.255 e. The first-order valence-corrected chi connectivity index (χ1v) is 8.19. The zero-order valence-electron chi connectivity index (χ0n) is 11.3. The Morgan fingerprint density at radius 1 is 1.50 bits per heavy atom. The number of nitrogens with zero attached hydrogens (tertiary/aromatic N) is 1. The lowest BCUT2D eigenvalue weighted by atomic mass is 10.0. The Balaban J connectivity index is 2.26. The van der Waals surface area contributed by atoms with E-state index in [4.69, 9.17) is 27.9 Å². The van der Waals surface area contributed by atoms with E-state index in [2.05, 4.69) is 15.9 Å². The molecule has 0 aromatic heterocycles. The molecular weight excluding hydrogens is 365 g/mol. The molecule has 1 heterocycles. The van der Waals surface area contributed by atoms with Gasteiger partial charge in [-0.15, -0.1) is 0 Å². The molecule has 0 radical (unpaired) electrons. The number of hydrogen-bond donors (Lipinski definition) is 0. The minimum Gasteiger partial charge on any atom is -0.368 e. The fraction of sp³-hybridized carbons (Fsp3) is 0.500. The zero-order valence-corrected chi connectivity index (χ0v) is 14.4. The van der Waals surface area contributed by atoms with Gasteiger partial charge in [-0.1, -0.05) is 45.2 Å². The number of hydrogen-bond acceptors (Lipinski definition) is 2. The standard InChI is InChI=1S/C14H16BrCl2NO2/c1-14(2)8-18(7-9(6-15)20-14)13(19)10-4-3-5-11(16)12(10)17/h3-5,9H,6-8H2,1-2H3. The van der Waals surface area contributed by atoms with Gasteiger partial charge in [0.25, 0.3) is 5.91 Å². The predicted molar refractivity (Wildman–Crippen MR) is 85.1 cm³/mol. The Labute approximate surface area is 137 Å². The first-order valence-electron chi connectivity index (χ1n) is 6.31. The molecule has 2 rings (SSSR count). The van der Waals surface area contributed by atoms with E-state index in [9.17, 15) is 4.79 Å². The predicted octanol–water partition coefficient (Wildman–Crippen LogP) is 4.01. The molecule has 0 N–H and O–H groups in total. The van der Waals surface area contributed by atoms with Crippen LogP contribution in [0.5, 0.6) is 0 Å². The van der Waals surface area contributed by atoms with Gasteiger partial charge in [-0.2, -0.15) is 0 Å². The van der Waals surface area contributed by atoms with Crippen molar-refractivity contribution in [1.82, 2.24) is 4.90 Å². The average molecular weight is 381 g/mol. The van der Waals surface area contributed by atoms with E-state index in [-0.39, 0.29) is 17.6 Å². The Morgan fingerprint density at radius 2 is 2.20 bits per heavy atom. The molecule has 0 bridgehead atoms. The lowest BCUT2D eigenvalue weighted by molar-refractivity contribution is -0.116. The fourth-order valence-electron chi connectivity index (χ4n) is 2.37. The zero-order chi connectivity index (χ0) is 14.9. The molecule has 1 unspecified atom stereocenters. The SMILES string of the molecule is CC1(C)CN(C(=O)c2cccc(Cl)c2Cl)CC(CBr)O1. The summed E-state index contributed by atoms with van der Waals surface area (Å²) < 4.78 is 5.89. The molecule has 1 atom stereocenters. The second-order valence-corrected chi connectivity index (χ2v) is 6.87. The lowest BCUT2D eigenvalue weighted by Gasteiger charge is -2.42. The van der Waals surface area contributed by atoms with Gasteiger partial charge in [-0.25, -0.2) is 0 Å². The van der Waals surface area contributed by atoms with Gasteiger partial charge in [-0.3, -0.25) is 4.79 Å². The third-order valence-electron chi connectivity index (χ3n) is 3.12. The van der Waals surface area contributed by atoms with Crippen molar-refractivity contribution in [3.05, 3.63) is 33.8 Å². The van der Waals surface area contributed by atoms with Crippen LogP contribution in [0.1, 0.15) is 24.2 Å². The summed E-state index contributed by atoms with van der Waals surface area (Å²) in [7, 11) is 0. The van der Waals surface area contributed by atoms with Gasteiger partial charge >= 0.3 is 0 Å². The summed E-state index contributed by atoms with van der Waals surface area (Å²) in [6.45, 7) is 5.01. The summed E-state index contributed by atoms with van der Waals surface area (Å²) in [6.07, 6.45) is -0.0272. The van der Waals surface area contributed by atoms with Crippen LogP contribution in [0, 0.1) is 0 Å². The van der Waals surface area contributed by atoms with Crippen LogP contribution in [0.25, 0.3) is 0 Å². The molecule has 20 heavy (non-hydrogen) atoms. The minimum atomic E-state index is -0.378. The Kier molecular flexibility index (Phi) is 5.00. The van der Waals surface area contributed by atoms with E-state index in [1.54, 1.807) is 23.1 Å². The summed E-state index contributed by atoms with van der Waals surface area (Å²) in [4.78, 5) is 14.4. The van der Waals surface area contributed by atoms with Crippen LogP contribution >= 0.6 is 39.1 Å². The average Bonchev–Trinajstić information content (AvgIpc) is 2.39. The van der Waals surface area contributed by atoms with Crippen LogP contribution in [0.4, 0.5) is 0 Å². The highest BCUT2D eigenvalue weighted by molar-refractivity contribution is 9.09. The van der Waals surface area contributed by atoms with Crippen molar-refractivity contribution in [3.8, 4) is 0 Å². The highest BCUT2D eigenvalue weighted by Crippen LogP contribution is 2.29. The number of morpholine rings is 1. The number of halogens is 3. The summed E-state index contributed by atoms with van der Waals surface area (Å²) >= 11 is 15.5. The maximum atomic E-state index is 12.6. The second-order valence-electron chi connectivity index (χ2n) is 5.44. The summed E-state index contributed by atoms with van der Waals surface area (Å²) in [5, 5.41) is 1.38. The quantitative estimate of drug-likeness (QED) is 0.725. The van der Waals surface area contributed by atoms with Crippen LogP contribution < -0.4 is 0 Å². The van der Waals surface area contributed by atoms with Gasteiger partial charge in [0.2, 0.25) is 0 Å². The van der Waals surface area contributed by atoms with E-state index in [0.717, 1.165) is 0 Å². The van der Waals surface area contributed by atoms with Gasteiger partial charge in [-0.05, 0) is 26.0 Å². The number of amides is 1. The van der Waals surface area contributed by atoms with E-state index < -0.39 is 0 Å². The van der Waals surface area contributed by atoms with Crippen molar-refractivity contribution < 1.29 is 9.53 Å². The van der Waals surface area contributed by atoms with E-state index in [1.807, 2.05) is 13.8 Å². The topological polar surface area (TPSA) is 29.5 Å². The Morgan fingerprint density at radius 3 is 2.85 bits per heavy atom. The van der Waals surface area contributed by atoms with Crippen LogP contribution in [-0.2, 0) is 4.74 Å². The number of benzene rings is 1. The number of ether oxygens (including phenoxy) is 1. The van der Waals surface area contributed by atoms with Crippen LogP contribution in [0.3, 0.4) is 0 Å². The normalized spacial score (nSPS) is 21.9. The van der Waals surface area contributed by atoms with Crippen LogP contribution in [-0.4, -0.2) is 40.9 Å². The highest BCUT2D eigenvalue weighted by Gasteiger charge is 2.36. The molecule has 6 heteroatoms. The highest BCUT2D eigenvalue weighted by atomic mass is 79.9. The first-order chi connectivity index (χ1) is 9.34. The molecule has 1 aromatic rings. The fourth-order valence-corrected chi connectivity index (χ4v) is 3.09. The molecule has 0 saturated carbocycles. The molecule has 1 amide bonds. The third-order valence-corrected chi connectivity index (χ3v) is 4.66. The van der Waals surface area contributed by atoms with Gasteiger partial charge in [0, 0.05) is 18.4 Å². The number of carbonyl (C=O) groups is 1. The van der Waals surface area contributed by atoms with Crippen LogP contribution in [0.15, 0.2) is 18.2 Å². The number of alkyl halides is 1. The van der Waals surface area contributed by atoms with Gasteiger partial charge in [0.05, 0.1) is 27.3 Å². The maximum absolute atomic E-state index is 12.6. The first kappa shape index (κ1) is 16.1. The molecule has 110 valence electrons. The molecule has 3 nitrogen and oxygen atoms in total. The van der Waals surface area contributed by atoms with E-state index in [1.165, 1.54) is 0 Å². The molecule has 1 aliphatic rings. The van der Waals surface area contributed by atoms with Gasteiger partial charge < -0.3 is 9.64 Å². The molecule has 0 aliphatic carbocycles. The monoisotopic (exact) mass is 379 g/mol. The molecule has 1 aliphatic heterocycles. The largest absolute Gasteiger partial charge is 0.368 e. The Bertz CT molecular complexity index is 522. The Hall–Kier alpha value is -0.290. The second kappa shape index (κ2) is 6.22. The number of rotatable bonds is 2. The van der Waals surface area contributed by atoms with Crippen molar-refractivity contribution >= 4 is 45.0 Å². The molecule has 1 aromatic carbocycles. The van der Waals surface area contributed by atoms with Crippen LogP contribution in [0.2, 0.25) is 10.0 Å².